The van der Waals surface area contributed by atoms with E-state index in [9.17, 15) is 57.8 Å². The molecule has 0 saturated heterocycles. The molecule has 0 saturated carbocycles. The van der Waals surface area contributed by atoms with E-state index in [1.54, 1.807) is 0 Å². The molecule has 1 aromatic rings. The van der Waals surface area contributed by atoms with E-state index in [1.807, 2.05) is 0 Å². The van der Waals surface area contributed by atoms with Crippen LogP contribution in [0.4, 0.5) is 52.7 Å². The molecular weight excluding hydrogens is 468 g/mol. The number of halogens is 12. The van der Waals surface area contributed by atoms with Gasteiger partial charge in [0, 0.05) is 0 Å². The highest BCUT2D eigenvalue weighted by molar-refractivity contribution is 6.84. The largest absolute Gasteiger partial charge is 0.534 e. The maximum Gasteiger partial charge on any atom is 0.451 e. The molecule has 1 aromatic carbocycles. The van der Waals surface area contributed by atoms with Crippen LogP contribution in [0.2, 0.25) is 13.1 Å². The lowest BCUT2D eigenvalue weighted by Gasteiger charge is -2.38. The first-order chi connectivity index (χ1) is 13.1. The van der Waals surface area contributed by atoms with Crippen molar-refractivity contribution in [2.45, 2.75) is 37.8 Å². The Morgan fingerprint density at radius 3 is 1.40 bits per heavy atom. The van der Waals surface area contributed by atoms with Crippen LogP contribution < -0.4 is 5.19 Å². The second kappa shape index (κ2) is 7.57. The molecule has 0 aliphatic carbocycles. The lowest BCUT2D eigenvalue weighted by atomic mass is 9.82. The van der Waals surface area contributed by atoms with Gasteiger partial charge in [0.1, 0.15) is 0 Å². The number of alkyl halides is 12. The van der Waals surface area contributed by atoms with Crippen LogP contribution in [0.15, 0.2) is 41.9 Å². The van der Waals surface area contributed by atoms with Gasteiger partial charge < -0.3 is 4.43 Å². The number of allylic oxidation sites excluding steroid dienone is 2. The summed E-state index contributed by atoms with van der Waals surface area (Å²) < 4.78 is 161. The van der Waals surface area contributed by atoms with Crippen molar-refractivity contribution in [1.29, 1.82) is 0 Å². The average molecular weight is 479 g/mol. The fourth-order valence-electron chi connectivity index (χ4n) is 2.43. The minimum absolute atomic E-state index is 0.142. The molecule has 0 aliphatic rings. The smallest absolute Gasteiger partial charge is 0.451 e. The van der Waals surface area contributed by atoms with Gasteiger partial charge in [-0.3, -0.25) is 5.11 Å². The molecular formula is C15H11F12O2Si. The van der Waals surface area contributed by atoms with Gasteiger partial charge in [-0.15, -0.1) is 0 Å². The van der Waals surface area contributed by atoms with Crippen molar-refractivity contribution in [1.82, 2.24) is 0 Å². The maximum atomic E-state index is 13.2. The molecule has 0 unspecified atom stereocenters. The first-order valence-corrected chi connectivity index (χ1v) is 10.4. The van der Waals surface area contributed by atoms with Crippen LogP contribution in [0.5, 0.6) is 0 Å². The van der Waals surface area contributed by atoms with E-state index in [0.29, 0.717) is 0 Å². The molecule has 0 heterocycles. The number of hydrogen-bond acceptors (Lipinski definition) is 1. The molecule has 0 bridgehead atoms. The van der Waals surface area contributed by atoms with E-state index in [4.69, 9.17) is 0 Å². The van der Waals surface area contributed by atoms with Gasteiger partial charge in [0.05, 0.1) is 0 Å². The van der Waals surface area contributed by atoms with Crippen LogP contribution >= 0.6 is 0 Å². The molecule has 0 atom stereocenters. The third kappa shape index (κ3) is 4.49. The van der Waals surface area contributed by atoms with E-state index in [0.717, 1.165) is 25.2 Å². The van der Waals surface area contributed by atoms with Crippen molar-refractivity contribution >= 4 is 13.5 Å². The van der Waals surface area contributed by atoms with E-state index in [2.05, 4.69) is 4.43 Å². The predicted octanol–water partition coefficient (Wildman–Crippen LogP) is 5.99. The fraction of sp³-hybridized carbons (Fsp3) is 0.467. The Bertz CT molecular complexity index is 736. The van der Waals surface area contributed by atoms with Gasteiger partial charge in [0.15, 0.2) is 0 Å². The normalized spacial score (nSPS) is 15.7. The second-order valence-corrected chi connectivity index (χ2v) is 10.2. The summed E-state index contributed by atoms with van der Waals surface area (Å²) in [6.45, 7) is 1.69. The molecule has 2 nitrogen and oxygen atoms in total. The number of hydrogen-bond donors (Lipinski definition) is 0. The van der Waals surface area contributed by atoms with Crippen molar-refractivity contribution in [3.63, 3.8) is 0 Å². The minimum Gasteiger partial charge on any atom is -0.534 e. The molecule has 15 heteroatoms. The van der Waals surface area contributed by atoms with Gasteiger partial charge in [0.25, 0.3) is 8.32 Å². The fourth-order valence-corrected chi connectivity index (χ4v) is 4.26. The minimum atomic E-state index is -7.50. The van der Waals surface area contributed by atoms with Gasteiger partial charge in [-0.05, 0) is 18.3 Å². The molecule has 0 spiro atoms. The Hall–Kier alpha value is -2.06. The quantitative estimate of drug-likeness (QED) is 0.296. The Balaban J connectivity index is 3.97. The molecule has 1 rings (SSSR count). The molecule has 1 radical (unpaired) electrons. The van der Waals surface area contributed by atoms with Crippen LogP contribution in [0, 0.1) is 5.41 Å². The molecule has 0 aromatic heterocycles. The summed E-state index contributed by atoms with van der Waals surface area (Å²) in [6, 6.07) is 6.00. The first-order valence-electron chi connectivity index (χ1n) is 7.54. The Labute approximate surface area is 161 Å². The summed E-state index contributed by atoms with van der Waals surface area (Å²) in [7, 11) is -4.15. The van der Waals surface area contributed by atoms with Crippen LogP contribution in [-0.4, -0.2) is 33.0 Å². The topological polar surface area (TPSA) is 29.1 Å². The predicted molar refractivity (Wildman–Crippen MR) is 79.0 cm³/mol. The summed E-state index contributed by atoms with van der Waals surface area (Å²) >= 11 is 0. The molecule has 0 fully saturated rings. The van der Waals surface area contributed by atoms with Gasteiger partial charge >= 0.3 is 30.1 Å². The highest BCUT2D eigenvalue weighted by atomic mass is 28.4. The van der Waals surface area contributed by atoms with E-state index < -0.39 is 50.0 Å². The van der Waals surface area contributed by atoms with Crippen molar-refractivity contribution in [2.75, 3.05) is 0 Å². The summed E-state index contributed by atoms with van der Waals surface area (Å²) in [4.78, 5) is 0. The average Bonchev–Trinajstić information content (AvgIpc) is 2.48. The van der Waals surface area contributed by atoms with Crippen molar-refractivity contribution in [2.24, 2.45) is 5.41 Å². The van der Waals surface area contributed by atoms with Crippen LogP contribution in [0.1, 0.15) is 0 Å². The van der Waals surface area contributed by atoms with Crippen LogP contribution in [0.25, 0.3) is 0 Å². The van der Waals surface area contributed by atoms with Gasteiger partial charge in [0.2, 0.25) is 11.5 Å². The lowest BCUT2D eigenvalue weighted by Crippen LogP contribution is -2.61. The van der Waals surface area contributed by atoms with Crippen molar-refractivity contribution in [3.8, 4) is 0 Å². The molecule has 30 heavy (non-hydrogen) atoms. The van der Waals surface area contributed by atoms with E-state index >= 15 is 0 Å². The van der Waals surface area contributed by atoms with E-state index in [1.165, 1.54) is 18.2 Å². The van der Waals surface area contributed by atoms with Crippen molar-refractivity contribution in [3.05, 3.63) is 41.9 Å². The summed E-state index contributed by atoms with van der Waals surface area (Å²) in [5.41, 5.74) is -7.33. The van der Waals surface area contributed by atoms with Crippen LogP contribution in [-0.2, 0) is 9.53 Å². The molecule has 171 valence electrons. The zero-order valence-electron chi connectivity index (χ0n) is 14.7. The Kier molecular flexibility index (Phi) is 6.55. The zero-order valence-corrected chi connectivity index (χ0v) is 15.7. The van der Waals surface area contributed by atoms with Gasteiger partial charge in [-0.2, -0.15) is 52.7 Å². The third-order valence-electron chi connectivity index (χ3n) is 3.91. The first kappa shape index (κ1) is 26.0. The van der Waals surface area contributed by atoms with Gasteiger partial charge in [-0.25, -0.2) is 0 Å². The third-order valence-corrected chi connectivity index (χ3v) is 6.34. The highest BCUT2D eigenvalue weighted by Crippen LogP contribution is 2.64. The summed E-state index contributed by atoms with van der Waals surface area (Å²) in [6.07, 6.45) is -28.9. The van der Waals surface area contributed by atoms with Crippen molar-refractivity contribution < 1.29 is 62.2 Å². The lowest BCUT2D eigenvalue weighted by molar-refractivity contribution is -0.421. The molecule has 0 aliphatic heterocycles. The molecule has 0 N–H and O–H groups in total. The number of benzene rings is 1. The molecule has 0 amide bonds. The monoisotopic (exact) mass is 479 g/mol. The number of rotatable bonds is 4. The highest BCUT2D eigenvalue weighted by Gasteiger charge is 2.88. The van der Waals surface area contributed by atoms with Crippen LogP contribution in [0.3, 0.4) is 0 Å². The maximum absolute atomic E-state index is 13.2. The Morgan fingerprint density at radius 1 is 0.733 bits per heavy atom. The standard InChI is InChI=1S/C15H11F12O2Si/c1-30(2,8-6-4-3-5-7-8)29-10(12(16,17)18)9(28)11(13(19,20)21,14(22,23)24)15(25,26)27/h3-7H,1-2H3. The second-order valence-electron chi connectivity index (χ2n) is 6.38. The summed E-state index contributed by atoms with van der Waals surface area (Å²) in [5, 5.41) is 11.7. The van der Waals surface area contributed by atoms with E-state index in [-0.39, 0.29) is 5.19 Å². The Morgan fingerprint density at radius 2 is 1.10 bits per heavy atom. The SMILES string of the molecule is C[Si](C)(OC(=C([O])C(C(F)(F)F)(C(F)(F)F)C(F)(F)F)C(F)(F)F)c1ccccc1. The summed E-state index contributed by atoms with van der Waals surface area (Å²) in [5.74, 6) is -7.87. The zero-order chi connectivity index (χ0) is 24.0. The van der Waals surface area contributed by atoms with Gasteiger partial charge in [-0.1, -0.05) is 30.3 Å².